The molecule has 0 aliphatic rings. The van der Waals surface area contributed by atoms with Crippen molar-refractivity contribution in [1.82, 2.24) is 9.78 Å². The molecule has 0 saturated heterocycles. The Balaban J connectivity index is 2.15. The molecule has 0 aliphatic carbocycles. The Morgan fingerprint density at radius 2 is 1.93 bits per heavy atom. The summed E-state index contributed by atoms with van der Waals surface area (Å²) in [5.41, 5.74) is 2.15. The van der Waals surface area contributed by atoms with Crippen LogP contribution in [0.4, 0.5) is 0 Å². The third-order valence-corrected chi connectivity index (χ3v) is 2.05. The number of nitrogens with zero attached hydrogens (tertiary/aromatic N) is 2. The van der Waals surface area contributed by atoms with Gasteiger partial charge in [-0.25, -0.2) is 0 Å². The van der Waals surface area contributed by atoms with E-state index in [1.54, 1.807) is 12.1 Å². The molecule has 3 nitrogen and oxygen atoms in total. The van der Waals surface area contributed by atoms with Crippen LogP contribution >= 0.6 is 0 Å². The highest BCUT2D eigenvalue weighted by Gasteiger charge is 1.96. The lowest BCUT2D eigenvalue weighted by molar-refractivity contribution is 0.475. The minimum Gasteiger partial charge on any atom is -0.508 e. The second kappa shape index (κ2) is 3.54. The van der Waals surface area contributed by atoms with Crippen molar-refractivity contribution in [1.29, 1.82) is 0 Å². The van der Waals surface area contributed by atoms with Gasteiger partial charge in [-0.05, 0) is 30.7 Å². The quantitative estimate of drug-likeness (QED) is 0.782. The van der Waals surface area contributed by atoms with E-state index in [9.17, 15) is 0 Å². The van der Waals surface area contributed by atoms with Crippen LogP contribution in [0, 0.1) is 6.92 Å². The maximum Gasteiger partial charge on any atom is 0.115 e. The highest BCUT2D eigenvalue weighted by Crippen LogP contribution is 2.10. The predicted octanol–water partition coefficient (Wildman–Crippen LogP) is 1.95. The molecule has 3 heteroatoms. The van der Waals surface area contributed by atoms with Crippen molar-refractivity contribution in [2.45, 2.75) is 13.5 Å². The molecule has 1 aromatic carbocycles. The summed E-state index contributed by atoms with van der Waals surface area (Å²) in [5.74, 6) is 0.297. The van der Waals surface area contributed by atoms with Gasteiger partial charge in [0.1, 0.15) is 5.75 Å². The molecule has 0 spiro atoms. The average Bonchev–Trinajstić information content (AvgIpc) is 2.56. The number of hydrogen-bond donors (Lipinski definition) is 1. The van der Waals surface area contributed by atoms with Crippen molar-refractivity contribution in [2.24, 2.45) is 0 Å². The van der Waals surface area contributed by atoms with Crippen LogP contribution in [0.15, 0.2) is 36.5 Å². The molecule has 14 heavy (non-hydrogen) atoms. The van der Waals surface area contributed by atoms with Gasteiger partial charge < -0.3 is 5.11 Å². The molecular formula is C11H12N2O. The molecule has 2 aromatic rings. The first-order valence-corrected chi connectivity index (χ1v) is 4.52. The number of aryl methyl sites for hydroxylation is 1. The Bertz CT molecular complexity index is 417. The predicted molar refractivity (Wildman–Crippen MR) is 54.2 cm³/mol. The normalized spacial score (nSPS) is 10.4. The number of phenols is 1. The van der Waals surface area contributed by atoms with Gasteiger partial charge in [0, 0.05) is 6.20 Å². The molecule has 72 valence electrons. The first kappa shape index (κ1) is 8.81. The molecular weight excluding hydrogens is 176 g/mol. The summed E-state index contributed by atoms with van der Waals surface area (Å²) in [6.45, 7) is 2.71. The molecule has 0 amide bonds. The van der Waals surface area contributed by atoms with E-state index in [1.165, 1.54) is 0 Å². The summed E-state index contributed by atoms with van der Waals surface area (Å²) < 4.78 is 1.88. The van der Waals surface area contributed by atoms with E-state index >= 15 is 0 Å². The van der Waals surface area contributed by atoms with Gasteiger partial charge >= 0.3 is 0 Å². The van der Waals surface area contributed by atoms with E-state index < -0.39 is 0 Å². The summed E-state index contributed by atoms with van der Waals surface area (Å²) in [6, 6.07) is 9.14. The van der Waals surface area contributed by atoms with Gasteiger partial charge in [-0.3, -0.25) is 4.68 Å². The fourth-order valence-corrected chi connectivity index (χ4v) is 1.34. The van der Waals surface area contributed by atoms with Gasteiger partial charge in [0.2, 0.25) is 0 Å². The molecule has 0 unspecified atom stereocenters. The molecule has 0 fully saturated rings. The number of benzene rings is 1. The minimum absolute atomic E-state index is 0.297. The van der Waals surface area contributed by atoms with Crippen molar-refractivity contribution in [3.63, 3.8) is 0 Å². The molecule has 0 bridgehead atoms. The molecule has 0 atom stereocenters. The van der Waals surface area contributed by atoms with Crippen molar-refractivity contribution in [2.75, 3.05) is 0 Å². The van der Waals surface area contributed by atoms with Crippen LogP contribution in [0.25, 0.3) is 0 Å². The summed E-state index contributed by atoms with van der Waals surface area (Å²) in [7, 11) is 0. The van der Waals surface area contributed by atoms with Crippen molar-refractivity contribution < 1.29 is 5.11 Å². The third-order valence-electron chi connectivity index (χ3n) is 2.05. The lowest BCUT2D eigenvalue weighted by Gasteiger charge is -2.01. The van der Waals surface area contributed by atoms with Crippen LogP contribution in [0.5, 0.6) is 5.75 Å². The summed E-state index contributed by atoms with van der Waals surface area (Å²) in [5, 5.41) is 13.4. The molecule has 0 aliphatic heterocycles. The zero-order chi connectivity index (χ0) is 9.97. The van der Waals surface area contributed by atoms with Crippen molar-refractivity contribution in [3.8, 4) is 5.75 Å². The monoisotopic (exact) mass is 188 g/mol. The fourth-order valence-electron chi connectivity index (χ4n) is 1.34. The summed E-state index contributed by atoms with van der Waals surface area (Å²) in [4.78, 5) is 0. The maximum absolute atomic E-state index is 9.10. The molecule has 1 aromatic heterocycles. The van der Waals surface area contributed by atoms with Crippen molar-refractivity contribution >= 4 is 0 Å². The number of phenolic OH excluding ortho intramolecular Hbond substituents is 1. The zero-order valence-electron chi connectivity index (χ0n) is 8.01. The topological polar surface area (TPSA) is 38.0 Å². The minimum atomic E-state index is 0.297. The number of rotatable bonds is 2. The molecule has 0 saturated carbocycles. The molecule has 1 N–H and O–H groups in total. The van der Waals surface area contributed by atoms with Gasteiger partial charge in [-0.15, -0.1) is 0 Å². The Morgan fingerprint density at radius 1 is 1.21 bits per heavy atom. The van der Waals surface area contributed by atoms with E-state index in [-0.39, 0.29) is 0 Å². The fraction of sp³-hybridized carbons (Fsp3) is 0.182. The van der Waals surface area contributed by atoms with E-state index in [1.807, 2.05) is 36.0 Å². The Hall–Kier alpha value is -1.77. The van der Waals surface area contributed by atoms with Gasteiger partial charge in [-0.1, -0.05) is 12.1 Å². The average molecular weight is 188 g/mol. The maximum atomic E-state index is 9.10. The van der Waals surface area contributed by atoms with Gasteiger partial charge in [0.25, 0.3) is 0 Å². The Labute approximate surface area is 82.6 Å². The van der Waals surface area contributed by atoms with E-state index in [0.717, 1.165) is 17.8 Å². The molecule has 1 heterocycles. The van der Waals surface area contributed by atoms with Crippen LogP contribution in [0.1, 0.15) is 11.3 Å². The summed E-state index contributed by atoms with van der Waals surface area (Å²) in [6.07, 6.45) is 1.95. The largest absolute Gasteiger partial charge is 0.508 e. The van der Waals surface area contributed by atoms with Gasteiger partial charge in [0.05, 0.1) is 12.2 Å². The molecule has 2 rings (SSSR count). The van der Waals surface area contributed by atoms with Crippen LogP contribution in [0.2, 0.25) is 0 Å². The van der Waals surface area contributed by atoms with E-state index in [4.69, 9.17) is 5.11 Å². The van der Waals surface area contributed by atoms with E-state index in [0.29, 0.717) is 5.75 Å². The van der Waals surface area contributed by atoms with Crippen LogP contribution < -0.4 is 0 Å². The van der Waals surface area contributed by atoms with Gasteiger partial charge in [-0.2, -0.15) is 5.10 Å². The SMILES string of the molecule is Cc1ccn(Cc2ccc(O)cc2)n1. The lowest BCUT2D eigenvalue weighted by Crippen LogP contribution is -1.99. The third kappa shape index (κ3) is 1.93. The Kier molecular flexibility index (Phi) is 2.23. The number of aromatic nitrogens is 2. The van der Waals surface area contributed by atoms with Gasteiger partial charge in [0.15, 0.2) is 0 Å². The standard InChI is InChI=1S/C11H12N2O/c1-9-6-7-13(12-9)8-10-2-4-11(14)5-3-10/h2-7,14H,8H2,1H3. The highest BCUT2D eigenvalue weighted by molar-refractivity contribution is 5.25. The molecule has 0 radical (unpaired) electrons. The highest BCUT2D eigenvalue weighted by atomic mass is 16.3. The smallest absolute Gasteiger partial charge is 0.115 e. The number of aromatic hydroxyl groups is 1. The van der Waals surface area contributed by atoms with Crippen LogP contribution in [0.3, 0.4) is 0 Å². The van der Waals surface area contributed by atoms with Crippen LogP contribution in [-0.2, 0) is 6.54 Å². The van der Waals surface area contributed by atoms with Crippen LogP contribution in [-0.4, -0.2) is 14.9 Å². The first-order chi connectivity index (χ1) is 6.74. The second-order valence-corrected chi connectivity index (χ2v) is 3.32. The summed E-state index contributed by atoms with van der Waals surface area (Å²) >= 11 is 0. The van der Waals surface area contributed by atoms with E-state index in [2.05, 4.69) is 5.10 Å². The first-order valence-electron chi connectivity index (χ1n) is 4.52. The second-order valence-electron chi connectivity index (χ2n) is 3.32. The van der Waals surface area contributed by atoms with Crippen molar-refractivity contribution in [3.05, 3.63) is 47.8 Å². The lowest BCUT2D eigenvalue weighted by atomic mass is 10.2. The Morgan fingerprint density at radius 3 is 2.50 bits per heavy atom. The zero-order valence-corrected chi connectivity index (χ0v) is 8.01. The number of hydrogen-bond acceptors (Lipinski definition) is 2.